The highest BCUT2D eigenvalue weighted by molar-refractivity contribution is 6.76. The molecule has 2 aromatic carbocycles. The first-order valence-corrected chi connectivity index (χ1v) is 25.4. The van der Waals surface area contributed by atoms with Crippen LogP contribution in [-0.4, -0.2) is 101 Å². The maximum atomic E-state index is 16.0. The van der Waals surface area contributed by atoms with Gasteiger partial charge in [0, 0.05) is 52.9 Å². The van der Waals surface area contributed by atoms with Crippen LogP contribution in [0.25, 0.3) is 11.0 Å². The van der Waals surface area contributed by atoms with Crippen LogP contribution < -0.4 is 15.4 Å². The average Bonchev–Trinajstić information content (AvgIpc) is 3.78. The number of methoxy groups -OCH3 is 1. The zero-order valence-electron chi connectivity index (χ0n) is 32.3. The lowest BCUT2D eigenvalue weighted by molar-refractivity contribution is -0.136. The minimum Gasteiger partial charge on any atom is -0.494 e. The van der Waals surface area contributed by atoms with Gasteiger partial charge >= 0.3 is 12.1 Å². The van der Waals surface area contributed by atoms with Crippen molar-refractivity contribution in [3.8, 4) is 5.75 Å². The van der Waals surface area contributed by atoms with Gasteiger partial charge in [-0.25, -0.2) is 28.2 Å². The summed E-state index contributed by atoms with van der Waals surface area (Å²) in [5, 5.41) is 5.52. The molecule has 1 aromatic heterocycles. The van der Waals surface area contributed by atoms with Gasteiger partial charge in [0.1, 0.15) is 36.2 Å². The lowest BCUT2D eigenvalue weighted by atomic mass is 9.90. The Labute approximate surface area is 319 Å². The van der Waals surface area contributed by atoms with E-state index in [-0.39, 0.29) is 53.6 Å². The van der Waals surface area contributed by atoms with Crippen molar-refractivity contribution >= 4 is 56.9 Å². The zero-order chi connectivity index (χ0) is 40.2. The van der Waals surface area contributed by atoms with Crippen molar-refractivity contribution in [2.75, 3.05) is 40.3 Å². The van der Waals surface area contributed by atoms with Crippen molar-refractivity contribution in [1.29, 1.82) is 0 Å². The third kappa shape index (κ3) is 7.51. The topological polar surface area (TPSA) is 160 Å². The molecule has 0 radical (unpaired) electrons. The van der Waals surface area contributed by atoms with Crippen LogP contribution in [0.3, 0.4) is 0 Å². The molecule has 7 amide bonds. The van der Waals surface area contributed by atoms with E-state index in [1.807, 2.05) is 0 Å². The van der Waals surface area contributed by atoms with Crippen LogP contribution in [0, 0.1) is 11.6 Å². The van der Waals surface area contributed by atoms with Gasteiger partial charge in [0.15, 0.2) is 17.1 Å². The molecule has 6 rings (SSSR count). The second-order valence-electron chi connectivity index (χ2n) is 16.8. The van der Waals surface area contributed by atoms with Gasteiger partial charge in [0.2, 0.25) is 0 Å². The van der Waals surface area contributed by atoms with Crippen LogP contribution in [0.2, 0.25) is 51.4 Å². The Morgan fingerprint density at radius 3 is 2.04 bits per heavy atom. The summed E-state index contributed by atoms with van der Waals surface area (Å²) in [5.74, 6) is -4.27. The van der Waals surface area contributed by atoms with Gasteiger partial charge in [-0.05, 0) is 42.8 Å². The number of carbonyl (C=O) groups is 5. The van der Waals surface area contributed by atoms with Crippen LogP contribution in [0.4, 0.5) is 18.4 Å². The molecule has 2 saturated heterocycles. The highest BCUT2D eigenvalue weighted by Crippen LogP contribution is 2.40. The third-order valence-corrected chi connectivity index (χ3v) is 13.6. The van der Waals surface area contributed by atoms with E-state index in [4.69, 9.17) is 18.6 Å². The van der Waals surface area contributed by atoms with Crippen molar-refractivity contribution in [1.82, 2.24) is 25.3 Å². The van der Waals surface area contributed by atoms with Crippen LogP contribution in [0.1, 0.15) is 34.2 Å². The van der Waals surface area contributed by atoms with Gasteiger partial charge in [-0.3, -0.25) is 14.4 Å². The van der Waals surface area contributed by atoms with E-state index in [0.29, 0.717) is 18.8 Å². The number of urea groups is 2. The Kier molecular flexibility index (Phi) is 10.5. The van der Waals surface area contributed by atoms with Crippen molar-refractivity contribution in [3.05, 3.63) is 64.4 Å². The smallest absolute Gasteiger partial charge is 0.327 e. The number of furan rings is 1. The molecule has 2 fully saturated rings. The minimum absolute atomic E-state index is 0.0405. The van der Waals surface area contributed by atoms with Crippen molar-refractivity contribution in [2.45, 2.75) is 75.9 Å². The predicted molar refractivity (Wildman–Crippen MR) is 202 cm³/mol. The van der Waals surface area contributed by atoms with Crippen molar-refractivity contribution in [3.63, 3.8) is 0 Å². The first-order valence-electron chi connectivity index (χ1n) is 18.0. The molecular weight excluding hydrogens is 753 g/mol. The van der Waals surface area contributed by atoms with Crippen LogP contribution in [0.5, 0.6) is 5.75 Å². The van der Waals surface area contributed by atoms with E-state index in [2.05, 4.69) is 49.9 Å². The Hall–Kier alpha value is -4.66. The number of amides is 7. The normalized spacial score (nSPS) is 21.6. The van der Waals surface area contributed by atoms with Crippen LogP contribution >= 0.6 is 0 Å². The number of nitrogens with zero attached hydrogens (tertiary/aromatic N) is 3. The van der Waals surface area contributed by atoms with Crippen LogP contribution in [0.15, 0.2) is 34.7 Å². The monoisotopic (exact) mass is 799 g/mol. The standard InChI is InChI=1S/C37H47F2N5O9Si2/c1-36(32(46)43(34(48)40-36)20-51-11-13-54(3,4)5)24-15-23-16-28(53-27(23)17-25(24)38)37(33(47)44(35(49)41-37)21-52-12-14-55(6,7)8)19-42-18-22-9-10-26(50-2)30(39)29(22)31(42)45/h9-10,15-17H,11-14,18-21H2,1-8H3,(H,40,48)(H,41,49)/t36-,37-/m1/s1. The number of benzene rings is 2. The molecule has 55 heavy (non-hydrogen) atoms. The Morgan fingerprint density at radius 2 is 1.44 bits per heavy atom. The molecule has 2 N–H and O–H groups in total. The highest BCUT2D eigenvalue weighted by atomic mass is 28.3. The van der Waals surface area contributed by atoms with Gasteiger partial charge in [-0.1, -0.05) is 45.3 Å². The molecule has 0 unspecified atom stereocenters. The zero-order valence-corrected chi connectivity index (χ0v) is 34.3. The van der Waals surface area contributed by atoms with Gasteiger partial charge in [0.25, 0.3) is 17.7 Å². The Balaban J connectivity index is 1.33. The van der Waals surface area contributed by atoms with Gasteiger partial charge in [0.05, 0.1) is 19.2 Å². The number of ether oxygens (including phenoxy) is 3. The van der Waals surface area contributed by atoms with Gasteiger partial charge in [-0.15, -0.1) is 0 Å². The largest absolute Gasteiger partial charge is 0.494 e. The molecule has 3 aromatic rings. The minimum atomic E-state index is -2.04. The number of hydrogen-bond acceptors (Lipinski definition) is 9. The number of rotatable bonds is 15. The summed E-state index contributed by atoms with van der Waals surface area (Å²) in [6.45, 7) is 13.8. The van der Waals surface area contributed by atoms with Crippen LogP contribution in [-0.2, 0) is 36.7 Å². The molecule has 4 heterocycles. The highest BCUT2D eigenvalue weighted by Gasteiger charge is 2.57. The van der Waals surface area contributed by atoms with Crippen molar-refractivity contribution < 1.29 is 51.4 Å². The summed E-state index contributed by atoms with van der Waals surface area (Å²) < 4.78 is 53.9. The van der Waals surface area contributed by atoms with Crippen molar-refractivity contribution in [2.24, 2.45) is 0 Å². The quantitative estimate of drug-likeness (QED) is 0.115. The molecule has 2 atom stereocenters. The van der Waals surface area contributed by atoms with E-state index in [9.17, 15) is 24.0 Å². The summed E-state index contributed by atoms with van der Waals surface area (Å²) >= 11 is 0. The predicted octanol–water partition coefficient (Wildman–Crippen LogP) is 5.51. The maximum absolute atomic E-state index is 16.0. The number of carbonyl (C=O) groups excluding carboxylic acids is 5. The van der Waals surface area contributed by atoms with E-state index in [1.165, 1.54) is 37.1 Å². The third-order valence-electron chi connectivity index (χ3n) is 10.2. The maximum Gasteiger partial charge on any atom is 0.327 e. The second kappa shape index (κ2) is 14.4. The van der Waals surface area contributed by atoms with E-state index < -0.39 is 75.2 Å². The molecule has 0 spiro atoms. The summed E-state index contributed by atoms with van der Waals surface area (Å²) in [5.41, 5.74) is -3.93. The molecule has 18 heteroatoms. The molecule has 14 nitrogen and oxygen atoms in total. The summed E-state index contributed by atoms with van der Waals surface area (Å²) in [6, 6.07) is 6.74. The van der Waals surface area contributed by atoms with E-state index in [0.717, 1.165) is 28.0 Å². The van der Waals surface area contributed by atoms with Gasteiger partial charge < -0.3 is 34.2 Å². The molecule has 0 saturated carbocycles. The molecule has 3 aliphatic rings. The number of halogens is 2. The molecule has 0 aliphatic carbocycles. The summed E-state index contributed by atoms with van der Waals surface area (Å²) in [7, 11) is -1.66. The lowest BCUT2D eigenvalue weighted by Gasteiger charge is -2.29. The summed E-state index contributed by atoms with van der Waals surface area (Å²) in [6.07, 6.45) is 0. The Bertz CT molecular complexity index is 2080. The van der Waals surface area contributed by atoms with E-state index in [1.54, 1.807) is 6.07 Å². The number of hydrogen-bond donors (Lipinski definition) is 2. The fourth-order valence-corrected chi connectivity index (χ4v) is 8.30. The SMILES string of the molecule is COc1ccc2c(c1F)C(=O)N(C[C@]1(c3cc4cc([C@@]5(C)NC(=O)N(COCC[Si](C)(C)C)C5=O)c(F)cc4o3)NC(=O)N(COCC[Si](C)(C)C)C1=O)C2. The second-order valence-corrected chi connectivity index (χ2v) is 28.1. The van der Waals surface area contributed by atoms with E-state index >= 15 is 8.78 Å². The lowest BCUT2D eigenvalue weighted by Crippen LogP contribution is -2.52. The first-order chi connectivity index (χ1) is 25.7. The molecule has 0 bridgehead atoms. The average molecular weight is 800 g/mol. The molecule has 3 aliphatic heterocycles. The number of fused-ring (bicyclic) bond motifs is 2. The van der Waals surface area contributed by atoms with Gasteiger partial charge in [-0.2, -0.15) is 0 Å². The number of nitrogens with one attached hydrogen (secondary N) is 2. The summed E-state index contributed by atoms with van der Waals surface area (Å²) in [4.78, 5) is 71.2. The molecular formula is C37H47F2N5O9Si2. The molecule has 296 valence electrons. The first kappa shape index (κ1) is 40.0. The number of imide groups is 2. The Morgan fingerprint density at radius 1 is 0.836 bits per heavy atom. The fourth-order valence-electron chi connectivity index (χ4n) is 6.78. The fraction of sp³-hybridized carbons (Fsp3) is 0.486.